The molecule has 0 aromatic carbocycles. The van der Waals surface area contributed by atoms with Gasteiger partial charge in [-0.25, -0.2) is 0 Å². The summed E-state index contributed by atoms with van der Waals surface area (Å²) in [5.74, 6) is 0. The number of rotatable bonds is 6. The van der Waals surface area contributed by atoms with E-state index in [0.717, 1.165) is 19.7 Å². The lowest BCUT2D eigenvalue weighted by molar-refractivity contribution is -0.0157. The van der Waals surface area contributed by atoms with Crippen LogP contribution in [0.5, 0.6) is 0 Å². The molecule has 3 nitrogen and oxygen atoms in total. The van der Waals surface area contributed by atoms with Gasteiger partial charge in [-0.05, 0) is 40.5 Å². The van der Waals surface area contributed by atoms with Crippen LogP contribution in [-0.2, 0) is 9.47 Å². The maximum absolute atomic E-state index is 5.89. The fourth-order valence-corrected chi connectivity index (χ4v) is 2.01. The third-order valence-corrected chi connectivity index (χ3v) is 2.81. The Balaban J connectivity index is 2.06. The molecule has 1 aliphatic rings. The highest BCUT2D eigenvalue weighted by atomic mass is 16.5. The lowest BCUT2D eigenvalue weighted by Crippen LogP contribution is -2.34. The Morgan fingerprint density at radius 3 is 2.80 bits per heavy atom. The van der Waals surface area contributed by atoms with Crippen LogP contribution in [0, 0.1) is 0 Å². The predicted molar refractivity (Wildman–Crippen MR) is 62.1 cm³/mol. The number of nitrogens with one attached hydrogen (secondary N) is 1. The second-order valence-electron chi connectivity index (χ2n) is 4.96. The molecule has 2 atom stereocenters. The van der Waals surface area contributed by atoms with E-state index in [1.807, 2.05) is 6.92 Å². The first kappa shape index (κ1) is 12.9. The van der Waals surface area contributed by atoms with Gasteiger partial charge in [-0.1, -0.05) is 0 Å². The summed E-state index contributed by atoms with van der Waals surface area (Å²) >= 11 is 0. The molecular weight excluding hydrogens is 190 g/mol. The van der Waals surface area contributed by atoms with Crippen molar-refractivity contribution in [1.82, 2.24) is 5.32 Å². The average molecular weight is 215 g/mol. The number of hydrogen-bond donors (Lipinski definition) is 1. The summed E-state index contributed by atoms with van der Waals surface area (Å²) in [7, 11) is 0. The lowest BCUT2D eigenvalue weighted by atomic mass is 10.1. The van der Waals surface area contributed by atoms with E-state index in [1.54, 1.807) is 0 Å². The second kappa shape index (κ2) is 5.83. The van der Waals surface area contributed by atoms with E-state index in [2.05, 4.69) is 26.1 Å². The first-order valence-corrected chi connectivity index (χ1v) is 6.03. The van der Waals surface area contributed by atoms with Crippen LogP contribution in [0.15, 0.2) is 0 Å². The third-order valence-electron chi connectivity index (χ3n) is 2.81. The Morgan fingerprint density at radius 2 is 2.27 bits per heavy atom. The third kappa shape index (κ3) is 4.96. The zero-order chi connectivity index (χ0) is 11.3. The molecule has 1 N–H and O–H groups in total. The Morgan fingerprint density at radius 1 is 1.53 bits per heavy atom. The smallest absolute Gasteiger partial charge is 0.0707 e. The van der Waals surface area contributed by atoms with E-state index in [-0.39, 0.29) is 5.60 Å². The molecule has 1 rings (SSSR count). The van der Waals surface area contributed by atoms with Crippen LogP contribution in [0.25, 0.3) is 0 Å². The second-order valence-corrected chi connectivity index (χ2v) is 4.96. The van der Waals surface area contributed by atoms with Crippen molar-refractivity contribution in [1.29, 1.82) is 0 Å². The summed E-state index contributed by atoms with van der Waals surface area (Å²) in [6, 6.07) is 0. The minimum absolute atomic E-state index is 0.0812. The summed E-state index contributed by atoms with van der Waals surface area (Å²) in [5, 5.41) is 3.40. The molecule has 0 aliphatic carbocycles. The fraction of sp³-hybridized carbons (Fsp3) is 1.00. The van der Waals surface area contributed by atoms with Crippen LogP contribution >= 0.6 is 0 Å². The minimum Gasteiger partial charge on any atom is -0.377 e. The molecule has 1 heterocycles. The van der Waals surface area contributed by atoms with Gasteiger partial charge < -0.3 is 14.8 Å². The quantitative estimate of drug-likeness (QED) is 0.734. The van der Waals surface area contributed by atoms with Crippen molar-refractivity contribution in [3.05, 3.63) is 0 Å². The normalized spacial score (nSPS) is 26.8. The molecule has 15 heavy (non-hydrogen) atoms. The van der Waals surface area contributed by atoms with E-state index >= 15 is 0 Å². The molecule has 3 heteroatoms. The monoisotopic (exact) mass is 215 g/mol. The van der Waals surface area contributed by atoms with Gasteiger partial charge in [0.05, 0.1) is 17.8 Å². The van der Waals surface area contributed by atoms with E-state index in [4.69, 9.17) is 9.47 Å². The summed E-state index contributed by atoms with van der Waals surface area (Å²) in [6.45, 7) is 11.1. The predicted octanol–water partition coefficient (Wildman–Crippen LogP) is 1.96. The van der Waals surface area contributed by atoms with Crippen molar-refractivity contribution < 1.29 is 9.47 Å². The van der Waals surface area contributed by atoms with Crippen molar-refractivity contribution in [3.8, 4) is 0 Å². The molecule has 0 aromatic rings. The molecule has 0 aromatic heterocycles. The fourth-order valence-electron chi connectivity index (χ4n) is 2.01. The Hall–Kier alpha value is -0.120. The summed E-state index contributed by atoms with van der Waals surface area (Å²) in [5.41, 5.74) is 0.0812. The van der Waals surface area contributed by atoms with Crippen LogP contribution in [0.4, 0.5) is 0 Å². The Labute approximate surface area is 93.5 Å². The minimum atomic E-state index is 0.0812. The molecule has 0 saturated carbocycles. The Kier molecular flexibility index (Phi) is 5.03. The molecule has 0 bridgehead atoms. The van der Waals surface area contributed by atoms with Crippen molar-refractivity contribution in [3.63, 3.8) is 0 Å². The Bertz CT molecular complexity index is 182. The molecule has 0 spiro atoms. The molecular formula is C12H25NO2. The van der Waals surface area contributed by atoms with Gasteiger partial charge in [0.2, 0.25) is 0 Å². The SMILES string of the molecule is CCOC(C)CNCC1CCC(C)(C)O1. The average Bonchev–Trinajstić information content (AvgIpc) is 2.46. The largest absolute Gasteiger partial charge is 0.377 e. The van der Waals surface area contributed by atoms with E-state index in [1.165, 1.54) is 12.8 Å². The van der Waals surface area contributed by atoms with Crippen LogP contribution < -0.4 is 5.32 Å². The van der Waals surface area contributed by atoms with Gasteiger partial charge in [-0.2, -0.15) is 0 Å². The summed E-state index contributed by atoms with van der Waals surface area (Å²) in [6.07, 6.45) is 3.02. The maximum Gasteiger partial charge on any atom is 0.0707 e. The highest BCUT2D eigenvalue weighted by molar-refractivity contribution is 4.81. The van der Waals surface area contributed by atoms with Gasteiger partial charge >= 0.3 is 0 Å². The summed E-state index contributed by atoms with van der Waals surface area (Å²) < 4.78 is 11.3. The van der Waals surface area contributed by atoms with Gasteiger partial charge in [-0.3, -0.25) is 0 Å². The number of ether oxygens (including phenoxy) is 2. The molecule has 1 aliphatic heterocycles. The van der Waals surface area contributed by atoms with Crippen molar-refractivity contribution >= 4 is 0 Å². The molecule has 0 amide bonds. The van der Waals surface area contributed by atoms with Crippen molar-refractivity contribution in [2.45, 2.75) is 58.3 Å². The highest BCUT2D eigenvalue weighted by Crippen LogP contribution is 2.28. The standard InChI is InChI=1S/C12H25NO2/c1-5-14-10(2)8-13-9-11-6-7-12(3,4)15-11/h10-11,13H,5-9H2,1-4H3. The van der Waals surface area contributed by atoms with Gasteiger partial charge in [0.15, 0.2) is 0 Å². The molecule has 1 saturated heterocycles. The molecule has 90 valence electrons. The van der Waals surface area contributed by atoms with Gasteiger partial charge in [0.25, 0.3) is 0 Å². The van der Waals surface area contributed by atoms with Crippen LogP contribution in [0.3, 0.4) is 0 Å². The highest BCUT2D eigenvalue weighted by Gasteiger charge is 2.31. The van der Waals surface area contributed by atoms with Crippen LogP contribution in [0.1, 0.15) is 40.5 Å². The zero-order valence-corrected chi connectivity index (χ0v) is 10.5. The zero-order valence-electron chi connectivity index (χ0n) is 10.5. The molecule has 2 unspecified atom stereocenters. The topological polar surface area (TPSA) is 30.5 Å². The van der Waals surface area contributed by atoms with E-state index in [9.17, 15) is 0 Å². The summed E-state index contributed by atoms with van der Waals surface area (Å²) in [4.78, 5) is 0. The van der Waals surface area contributed by atoms with Crippen LogP contribution in [0.2, 0.25) is 0 Å². The van der Waals surface area contributed by atoms with Gasteiger partial charge in [0, 0.05) is 19.7 Å². The first-order chi connectivity index (χ1) is 7.03. The maximum atomic E-state index is 5.89. The number of hydrogen-bond acceptors (Lipinski definition) is 3. The van der Waals surface area contributed by atoms with Crippen molar-refractivity contribution in [2.24, 2.45) is 0 Å². The first-order valence-electron chi connectivity index (χ1n) is 6.03. The van der Waals surface area contributed by atoms with E-state index < -0.39 is 0 Å². The molecule has 1 fully saturated rings. The molecule has 0 radical (unpaired) electrons. The van der Waals surface area contributed by atoms with E-state index in [0.29, 0.717) is 12.2 Å². The van der Waals surface area contributed by atoms with Crippen LogP contribution in [-0.4, -0.2) is 37.5 Å². The van der Waals surface area contributed by atoms with Gasteiger partial charge in [0.1, 0.15) is 0 Å². The van der Waals surface area contributed by atoms with Crippen molar-refractivity contribution in [2.75, 3.05) is 19.7 Å². The van der Waals surface area contributed by atoms with Gasteiger partial charge in [-0.15, -0.1) is 0 Å². The lowest BCUT2D eigenvalue weighted by Gasteiger charge is -2.20.